The molecule has 0 aliphatic carbocycles. The number of pyridine rings is 1. The first-order valence-electron chi connectivity index (χ1n) is 7.19. The van der Waals surface area contributed by atoms with Crippen LogP contribution in [0.25, 0.3) is 11.3 Å². The van der Waals surface area contributed by atoms with Gasteiger partial charge in [-0.25, -0.2) is 0 Å². The number of aromatic nitrogens is 1. The number of benzene rings is 1. The van der Waals surface area contributed by atoms with Gasteiger partial charge in [0.05, 0.1) is 12.8 Å². The first-order chi connectivity index (χ1) is 10.7. The van der Waals surface area contributed by atoms with Crippen LogP contribution < -0.4 is 16.0 Å². The van der Waals surface area contributed by atoms with E-state index >= 15 is 0 Å². The Labute approximate surface area is 129 Å². The zero-order chi connectivity index (χ0) is 15.9. The van der Waals surface area contributed by atoms with Crippen LogP contribution in [0, 0.1) is 11.3 Å². The van der Waals surface area contributed by atoms with Crippen molar-refractivity contribution in [1.29, 1.82) is 5.26 Å². The third kappa shape index (κ3) is 3.35. The summed E-state index contributed by atoms with van der Waals surface area (Å²) in [5, 5.41) is 9.04. The molecular weight excluding hydrogens is 278 g/mol. The molecule has 5 nitrogen and oxygen atoms in total. The summed E-state index contributed by atoms with van der Waals surface area (Å²) in [6.07, 6.45) is 1.64. The summed E-state index contributed by atoms with van der Waals surface area (Å²) in [5.74, 6) is 0.759. The number of ether oxygens (including phenoxy) is 1. The van der Waals surface area contributed by atoms with E-state index in [4.69, 9.17) is 15.7 Å². The molecule has 114 valence electrons. The SMILES string of the molecule is COc1ccc(-c2ccc(C#N)c(=O)n2CCCCN)cc1. The van der Waals surface area contributed by atoms with Crippen LogP contribution in [0.4, 0.5) is 0 Å². The highest BCUT2D eigenvalue weighted by atomic mass is 16.5. The standard InChI is InChI=1S/C17H19N3O2/c1-22-15-7-4-13(5-8-15)16-9-6-14(12-19)17(21)20(16)11-3-2-10-18/h4-9H,2-3,10-11,18H2,1H3. The Morgan fingerprint density at radius 2 is 1.91 bits per heavy atom. The lowest BCUT2D eigenvalue weighted by molar-refractivity contribution is 0.415. The van der Waals surface area contributed by atoms with E-state index in [9.17, 15) is 4.79 Å². The number of hydrogen-bond acceptors (Lipinski definition) is 4. The Balaban J connectivity index is 2.46. The molecule has 0 saturated carbocycles. The molecule has 0 bridgehead atoms. The molecule has 1 aromatic carbocycles. The molecule has 1 heterocycles. The molecule has 2 N–H and O–H groups in total. The van der Waals surface area contributed by atoms with E-state index in [-0.39, 0.29) is 11.1 Å². The molecule has 0 radical (unpaired) electrons. The van der Waals surface area contributed by atoms with E-state index in [0.717, 1.165) is 29.8 Å². The van der Waals surface area contributed by atoms with E-state index in [2.05, 4.69) is 0 Å². The van der Waals surface area contributed by atoms with Gasteiger partial charge in [-0.05, 0) is 61.3 Å². The molecule has 0 fully saturated rings. The van der Waals surface area contributed by atoms with Crippen molar-refractivity contribution in [2.75, 3.05) is 13.7 Å². The first kappa shape index (κ1) is 15.8. The lowest BCUT2D eigenvalue weighted by Gasteiger charge is -2.13. The van der Waals surface area contributed by atoms with Gasteiger partial charge in [0.25, 0.3) is 5.56 Å². The normalized spacial score (nSPS) is 10.2. The summed E-state index contributed by atoms with van der Waals surface area (Å²) in [4.78, 5) is 12.4. The largest absolute Gasteiger partial charge is 0.497 e. The molecule has 1 aromatic heterocycles. The fourth-order valence-corrected chi connectivity index (χ4v) is 2.31. The lowest BCUT2D eigenvalue weighted by Crippen LogP contribution is -2.24. The fourth-order valence-electron chi connectivity index (χ4n) is 2.31. The Hall–Kier alpha value is -2.58. The Morgan fingerprint density at radius 3 is 2.50 bits per heavy atom. The average Bonchev–Trinajstić information content (AvgIpc) is 2.56. The number of rotatable bonds is 6. The highest BCUT2D eigenvalue weighted by Gasteiger charge is 2.10. The van der Waals surface area contributed by atoms with Crippen LogP contribution >= 0.6 is 0 Å². The second-order valence-electron chi connectivity index (χ2n) is 4.93. The van der Waals surface area contributed by atoms with Crippen molar-refractivity contribution in [3.8, 4) is 23.1 Å². The zero-order valence-electron chi connectivity index (χ0n) is 12.6. The number of nitrogens with zero attached hydrogens (tertiary/aromatic N) is 2. The second-order valence-corrected chi connectivity index (χ2v) is 4.93. The minimum atomic E-state index is -0.257. The minimum Gasteiger partial charge on any atom is -0.497 e. The van der Waals surface area contributed by atoms with Gasteiger partial charge in [-0.2, -0.15) is 5.26 Å². The minimum absolute atomic E-state index is 0.157. The molecule has 0 atom stereocenters. The van der Waals surface area contributed by atoms with Crippen molar-refractivity contribution in [1.82, 2.24) is 4.57 Å². The smallest absolute Gasteiger partial charge is 0.268 e. The van der Waals surface area contributed by atoms with Crippen molar-refractivity contribution in [3.63, 3.8) is 0 Å². The van der Waals surface area contributed by atoms with Crippen LogP contribution in [0.5, 0.6) is 5.75 Å². The van der Waals surface area contributed by atoms with Crippen LogP contribution in [0.1, 0.15) is 18.4 Å². The summed E-state index contributed by atoms with van der Waals surface area (Å²) >= 11 is 0. The topological polar surface area (TPSA) is 81.0 Å². The summed E-state index contributed by atoms with van der Waals surface area (Å²) in [6, 6.07) is 12.8. The Kier molecular flexibility index (Phi) is 5.34. The number of nitriles is 1. The molecule has 2 rings (SSSR count). The van der Waals surface area contributed by atoms with Gasteiger partial charge in [-0.15, -0.1) is 0 Å². The molecule has 0 aliphatic heterocycles. The van der Waals surface area contributed by atoms with Gasteiger partial charge >= 0.3 is 0 Å². The lowest BCUT2D eigenvalue weighted by atomic mass is 10.1. The van der Waals surface area contributed by atoms with Crippen LogP contribution in [-0.2, 0) is 6.54 Å². The van der Waals surface area contributed by atoms with Crippen molar-refractivity contribution in [2.24, 2.45) is 5.73 Å². The third-order valence-electron chi connectivity index (χ3n) is 3.52. The second kappa shape index (κ2) is 7.43. The number of methoxy groups -OCH3 is 1. The molecule has 2 aromatic rings. The van der Waals surface area contributed by atoms with Crippen LogP contribution in [0.2, 0.25) is 0 Å². The van der Waals surface area contributed by atoms with Gasteiger partial charge in [0.1, 0.15) is 17.4 Å². The third-order valence-corrected chi connectivity index (χ3v) is 3.52. The number of unbranched alkanes of at least 4 members (excludes halogenated alkanes) is 1. The summed E-state index contributed by atoms with van der Waals surface area (Å²) in [7, 11) is 1.61. The van der Waals surface area contributed by atoms with E-state index in [1.54, 1.807) is 17.7 Å². The summed E-state index contributed by atoms with van der Waals surface area (Å²) in [5.41, 5.74) is 7.12. The number of hydrogen-bond donors (Lipinski definition) is 1. The van der Waals surface area contributed by atoms with Crippen molar-refractivity contribution < 1.29 is 4.74 Å². The maximum atomic E-state index is 12.4. The maximum Gasteiger partial charge on any atom is 0.268 e. The molecule has 22 heavy (non-hydrogen) atoms. The van der Waals surface area contributed by atoms with E-state index in [0.29, 0.717) is 13.1 Å². The highest BCUT2D eigenvalue weighted by Crippen LogP contribution is 2.22. The molecule has 0 amide bonds. The van der Waals surface area contributed by atoms with Gasteiger partial charge in [0, 0.05) is 6.54 Å². The van der Waals surface area contributed by atoms with Crippen LogP contribution in [0.15, 0.2) is 41.2 Å². The van der Waals surface area contributed by atoms with Gasteiger partial charge in [0.15, 0.2) is 0 Å². The summed E-state index contributed by atoms with van der Waals surface area (Å²) in [6.45, 7) is 1.14. The quantitative estimate of drug-likeness (QED) is 0.828. The van der Waals surface area contributed by atoms with E-state index in [1.165, 1.54) is 0 Å². The predicted molar refractivity (Wildman–Crippen MR) is 85.7 cm³/mol. The molecule has 0 spiro atoms. The van der Waals surface area contributed by atoms with Crippen molar-refractivity contribution in [2.45, 2.75) is 19.4 Å². The van der Waals surface area contributed by atoms with E-state index < -0.39 is 0 Å². The van der Waals surface area contributed by atoms with Gasteiger partial charge in [0.2, 0.25) is 0 Å². The predicted octanol–water partition coefficient (Wildman–Crippen LogP) is 2.13. The average molecular weight is 297 g/mol. The molecule has 0 aliphatic rings. The first-order valence-corrected chi connectivity index (χ1v) is 7.19. The van der Waals surface area contributed by atoms with Gasteiger partial charge in [-0.3, -0.25) is 4.79 Å². The van der Waals surface area contributed by atoms with Crippen molar-refractivity contribution in [3.05, 3.63) is 52.3 Å². The Bertz CT molecular complexity index is 727. The molecule has 5 heteroatoms. The van der Waals surface area contributed by atoms with E-state index in [1.807, 2.05) is 36.4 Å². The van der Waals surface area contributed by atoms with Gasteiger partial charge in [-0.1, -0.05) is 0 Å². The molecular formula is C17H19N3O2. The number of nitrogens with two attached hydrogens (primary N) is 1. The Morgan fingerprint density at radius 1 is 1.18 bits per heavy atom. The van der Waals surface area contributed by atoms with Crippen molar-refractivity contribution >= 4 is 0 Å². The fraction of sp³-hybridized carbons (Fsp3) is 0.294. The molecule has 0 saturated heterocycles. The van der Waals surface area contributed by atoms with Gasteiger partial charge < -0.3 is 15.0 Å². The highest BCUT2D eigenvalue weighted by molar-refractivity contribution is 5.61. The molecule has 0 unspecified atom stereocenters. The summed E-state index contributed by atoms with van der Waals surface area (Å²) < 4.78 is 6.80. The monoisotopic (exact) mass is 297 g/mol. The zero-order valence-corrected chi connectivity index (χ0v) is 12.6. The van der Waals surface area contributed by atoms with Crippen LogP contribution in [0.3, 0.4) is 0 Å². The maximum absolute atomic E-state index is 12.4. The van der Waals surface area contributed by atoms with Crippen LogP contribution in [-0.4, -0.2) is 18.2 Å².